The van der Waals surface area contributed by atoms with Crippen LogP contribution in [0.3, 0.4) is 0 Å². The Morgan fingerprint density at radius 3 is 2.68 bits per heavy atom. The lowest BCUT2D eigenvalue weighted by Crippen LogP contribution is -2.30. The number of nitrogens with zero attached hydrogens (tertiary/aromatic N) is 1. The second-order valence-corrected chi connectivity index (χ2v) is 5.68. The first-order valence-corrected chi connectivity index (χ1v) is 7.31. The van der Waals surface area contributed by atoms with Gasteiger partial charge in [0.1, 0.15) is 5.65 Å². The quantitative estimate of drug-likeness (QED) is 0.685. The smallest absolute Gasteiger partial charge is 0.306 e. The first kappa shape index (κ1) is 14.4. The van der Waals surface area contributed by atoms with E-state index in [9.17, 15) is 9.59 Å². The zero-order valence-corrected chi connectivity index (χ0v) is 12.0. The molecule has 1 aliphatic carbocycles. The third-order valence-corrected chi connectivity index (χ3v) is 4.28. The van der Waals surface area contributed by atoms with Crippen molar-refractivity contribution in [2.24, 2.45) is 11.7 Å². The molecule has 3 rings (SSSR count). The molecular formula is C15H18N4O3. The molecule has 1 fully saturated rings. The van der Waals surface area contributed by atoms with Crippen LogP contribution in [0, 0.1) is 5.92 Å². The lowest BCUT2D eigenvalue weighted by molar-refractivity contribution is -0.142. The van der Waals surface area contributed by atoms with E-state index in [0.29, 0.717) is 29.7 Å². The number of hydrogen-bond acceptors (Lipinski definition) is 4. The Hall–Kier alpha value is -2.57. The summed E-state index contributed by atoms with van der Waals surface area (Å²) in [7, 11) is 0. The van der Waals surface area contributed by atoms with Gasteiger partial charge in [-0.2, -0.15) is 0 Å². The van der Waals surface area contributed by atoms with Crippen molar-refractivity contribution in [2.45, 2.75) is 31.7 Å². The number of amides is 1. The zero-order valence-electron chi connectivity index (χ0n) is 12.0. The van der Waals surface area contributed by atoms with E-state index >= 15 is 0 Å². The normalized spacial score (nSPS) is 21.6. The highest BCUT2D eigenvalue weighted by molar-refractivity contribution is 6.05. The number of rotatable bonds is 4. The van der Waals surface area contributed by atoms with E-state index in [1.165, 1.54) is 6.20 Å². The van der Waals surface area contributed by atoms with Gasteiger partial charge in [0, 0.05) is 23.8 Å². The number of carboxylic acid groups (broad SMARTS) is 1. The number of primary amides is 1. The van der Waals surface area contributed by atoms with E-state index < -0.39 is 11.9 Å². The van der Waals surface area contributed by atoms with Gasteiger partial charge in [0.25, 0.3) is 5.91 Å². The minimum atomic E-state index is -0.729. The standard InChI is InChI=1S/C15H18N4O3/c16-13(20)11-7-18-14-10(5-6-17-14)12(11)19-9-3-1-8(2-4-9)15(21)22/h5-9H,1-4H2,(H2,16,20)(H,21,22)(H2,17,18,19). The van der Waals surface area contributed by atoms with E-state index in [-0.39, 0.29) is 12.0 Å². The van der Waals surface area contributed by atoms with Crippen molar-refractivity contribution in [3.8, 4) is 0 Å². The summed E-state index contributed by atoms with van der Waals surface area (Å²) in [6.07, 6.45) is 6.01. The van der Waals surface area contributed by atoms with E-state index in [0.717, 1.165) is 18.2 Å². The van der Waals surface area contributed by atoms with Gasteiger partial charge in [-0.05, 0) is 31.7 Å². The maximum Gasteiger partial charge on any atom is 0.306 e. The second kappa shape index (κ2) is 5.67. The Labute approximate surface area is 126 Å². The number of fused-ring (bicyclic) bond motifs is 1. The fraction of sp³-hybridized carbons (Fsp3) is 0.400. The monoisotopic (exact) mass is 302 g/mol. The van der Waals surface area contributed by atoms with Crippen molar-refractivity contribution < 1.29 is 14.7 Å². The van der Waals surface area contributed by atoms with E-state index in [1.54, 1.807) is 6.20 Å². The summed E-state index contributed by atoms with van der Waals surface area (Å²) in [6.45, 7) is 0. The van der Waals surface area contributed by atoms with Crippen LogP contribution in [0.5, 0.6) is 0 Å². The van der Waals surface area contributed by atoms with Crippen molar-refractivity contribution >= 4 is 28.6 Å². The van der Waals surface area contributed by atoms with Gasteiger partial charge in [-0.25, -0.2) is 4.98 Å². The molecule has 7 heteroatoms. The molecule has 116 valence electrons. The Balaban J connectivity index is 1.84. The molecule has 2 aromatic rings. The fourth-order valence-electron chi connectivity index (χ4n) is 3.04. The maximum atomic E-state index is 11.6. The van der Waals surface area contributed by atoms with Gasteiger partial charge in [-0.3, -0.25) is 9.59 Å². The molecule has 1 saturated carbocycles. The van der Waals surface area contributed by atoms with Gasteiger partial charge in [0.05, 0.1) is 17.2 Å². The summed E-state index contributed by atoms with van der Waals surface area (Å²) >= 11 is 0. The highest BCUT2D eigenvalue weighted by Gasteiger charge is 2.27. The van der Waals surface area contributed by atoms with Crippen LogP contribution < -0.4 is 11.1 Å². The maximum absolute atomic E-state index is 11.6. The van der Waals surface area contributed by atoms with E-state index in [4.69, 9.17) is 10.8 Å². The van der Waals surface area contributed by atoms with Crippen LogP contribution in [0.1, 0.15) is 36.0 Å². The second-order valence-electron chi connectivity index (χ2n) is 5.68. The summed E-state index contributed by atoms with van der Waals surface area (Å²) < 4.78 is 0. The van der Waals surface area contributed by atoms with E-state index in [2.05, 4.69) is 15.3 Å². The predicted octanol–water partition coefficient (Wildman–Crippen LogP) is 1.72. The number of carboxylic acids is 1. The Kier molecular flexibility index (Phi) is 3.70. The first-order valence-electron chi connectivity index (χ1n) is 7.31. The van der Waals surface area contributed by atoms with Gasteiger partial charge in [-0.1, -0.05) is 0 Å². The number of anilines is 1. The molecular weight excluding hydrogens is 284 g/mol. The van der Waals surface area contributed by atoms with Gasteiger partial charge < -0.3 is 21.1 Å². The van der Waals surface area contributed by atoms with Crippen molar-refractivity contribution in [1.82, 2.24) is 9.97 Å². The third-order valence-electron chi connectivity index (χ3n) is 4.28. The zero-order chi connectivity index (χ0) is 15.7. The number of aromatic amines is 1. The predicted molar refractivity (Wildman–Crippen MR) is 81.6 cm³/mol. The SMILES string of the molecule is NC(=O)c1cnc2[nH]ccc2c1NC1CCC(C(=O)O)CC1. The molecule has 2 aromatic heterocycles. The van der Waals surface area contributed by atoms with Crippen LogP contribution in [0.2, 0.25) is 0 Å². The van der Waals surface area contributed by atoms with Crippen LogP contribution in [0.4, 0.5) is 5.69 Å². The number of nitrogens with one attached hydrogen (secondary N) is 2. The minimum Gasteiger partial charge on any atom is -0.481 e. The first-order chi connectivity index (χ1) is 10.6. The number of hydrogen-bond donors (Lipinski definition) is 4. The topological polar surface area (TPSA) is 121 Å². The molecule has 0 aromatic carbocycles. The number of aliphatic carboxylic acids is 1. The summed E-state index contributed by atoms with van der Waals surface area (Å²) in [4.78, 5) is 29.8. The molecule has 5 N–H and O–H groups in total. The molecule has 0 unspecified atom stereocenters. The average molecular weight is 302 g/mol. The Morgan fingerprint density at radius 2 is 2.05 bits per heavy atom. The Morgan fingerprint density at radius 1 is 1.32 bits per heavy atom. The van der Waals surface area contributed by atoms with Crippen LogP contribution in [0.15, 0.2) is 18.5 Å². The molecule has 2 heterocycles. The van der Waals surface area contributed by atoms with Gasteiger partial charge in [0.15, 0.2) is 0 Å². The molecule has 7 nitrogen and oxygen atoms in total. The summed E-state index contributed by atoms with van der Waals surface area (Å²) in [5.74, 6) is -1.52. The van der Waals surface area contributed by atoms with Crippen molar-refractivity contribution in [3.63, 3.8) is 0 Å². The highest BCUT2D eigenvalue weighted by atomic mass is 16.4. The van der Waals surface area contributed by atoms with Crippen molar-refractivity contribution in [1.29, 1.82) is 0 Å². The van der Waals surface area contributed by atoms with Crippen molar-refractivity contribution in [3.05, 3.63) is 24.0 Å². The third kappa shape index (κ3) is 2.61. The summed E-state index contributed by atoms with van der Waals surface area (Å²) in [6, 6.07) is 1.98. The lowest BCUT2D eigenvalue weighted by atomic mass is 9.86. The van der Waals surface area contributed by atoms with Crippen LogP contribution in [0.25, 0.3) is 11.0 Å². The lowest BCUT2D eigenvalue weighted by Gasteiger charge is -2.28. The minimum absolute atomic E-state index is 0.134. The molecule has 0 bridgehead atoms. The largest absolute Gasteiger partial charge is 0.481 e. The number of H-pyrrole nitrogens is 1. The van der Waals surface area contributed by atoms with Crippen LogP contribution in [-0.2, 0) is 4.79 Å². The average Bonchev–Trinajstić information content (AvgIpc) is 2.96. The van der Waals surface area contributed by atoms with Gasteiger partial charge in [0.2, 0.25) is 0 Å². The van der Waals surface area contributed by atoms with Crippen LogP contribution >= 0.6 is 0 Å². The number of aromatic nitrogens is 2. The number of carbonyl (C=O) groups is 2. The summed E-state index contributed by atoms with van der Waals surface area (Å²) in [5, 5.41) is 13.2. The van der Waals surface area contributed by atoms with Gasteiger partial charge >= 0.3 is 5.97 Å². The molecule has 0 radical (unpaired) electrons. The summed E-state index contributed by atoms with van der Waals surface area (Å²) in [5.41, 5.74) is 7.15. The molecule has 0 saturated heterocycles. The molecule has 1 amide bonds. The highest BCUT2D eigenvalue weighted by Crippen LogP contribution is 2.31. The number of nitrogens with two attached hydrogens (primary N) is 1. The Bertz CT molecular complexity index is 717. The molecule has 0 spiro atoms. The number of carbonyl (C=O) groups excluding carboxylic acids is 1. The van der Waals surface area contributed by atoms with Crippen molar-refractivity contribution in [2.75, 3.05) is 5.32 Å². The van der Waals surface area contributed by atoms with E-state index in [1.807, 2.05) is 6.07 Å². The number of pyridine rings is 1. The molecule has 0 aliphatic heterocycles. The fourth-order valence-corrected chi connectivity index (χ4v) is 3.04. The molecule has 22 heavy (non-hydrogen) atoms. The van der Waals surface area contributed by atoms with Gasteiger partial charge in [-0.15, -0.1) is 0 Å². The van der Waals surface area contributed by atoms with Crippen LogP contribution in [-0.4, -0.2) is 33.0 Å². The molecule has 1 aliphatic rings. The molecule has 0 atom stereocenters.